The van der Waals surface area contributed by atoms with Crippen molar-refractivity contribution in [2.24, 2.45) is 7.05 Å². The van der Waals surface area contributed by atoms with E-state index < -0.39 is 9.84 Å². The molecule has 0 saturated carbocycles. The van der Waals surface area contributed by atoms with Gasteiger partial charge in [0.2, 0.25) is 5.88 Å². The van der Waals surface area contributed by atoms with E-state index in [9.17, 15) is 13.2 Å². The summed E-state index contributed by atoms with van der Waals surface area (Å²) in [4.78, 5) is 21.2. The molecule has 0 amide bonds. The number of aryl methyl sites for hydroxylation is 4. The Hall–Kier alpha value is -3.00. The van der Waals surface area contributed by atoms with Crippen molar-refractivity contribution >= 4 is 9.84 Å². The summed E-state index contributed by atoms with van der Waals surface area (Å²) in [6.45, 7) is 7.56. The normalized spacial score (nSPS) is 11.5. The van der Waals surface area contributed by atoms with Crippen LogP contribution in [0.2, 0.25) is 0 Å². The van der Waals surface area contributed by atoms with Crippen LogP contribution < -0.4 is 10.3 Å². The molecule has 1 aromatic carbocycles. The maximum absolute atomic E-state index is 12.6. The third-order valence-electron chi connectivity index (χ3n) is 5.17. The van der Waals surface area contributed by atoms with Gasteiger partial charge in [0, 0.05) is 30.4 Å². The number of benzene rings is 1. The highest BCUT2D eigenvalue weighted by Crippen LogP contribution is 2.29. The van der Waals surface area contributed by atoms with E-state index in [1.807, 2.05) is 39.0 Å². The molecular formula is C24H29N3O4S. The molecule has 3 rings (SSSR count). The molecule has 0 radical (unpaired) electrons. The predicted molar refractivity (Wildman–Crippen MR) is 126 cm³/mol. The van der Waals surface area contributed by atoms with Crippen molar-refractivity contribution < 1.29 is 13.2 Å². The summed E-state index contributed by atoms with van der Waals surface area (Å²) in [5, 5.41) is 0. The molecule has 2 heterocycles. The molecule has 0 spiro atoms. The molecule has 0 N–H and O–H groups in total. The third kappa shape index (κ3) is 5.62. The van der Waals surface area contributed by atoms with Crippen LogP contribution in [0.15, 0.2) is 41.3 Å². The number of ether oxygens (including phenoxy) is 1. The van der Waals surface area contributed by atoms with Crippen molar-refractivity contribution in [2.75, 3.05) is 5.75 Å². The molecule has 170 valence electrons. The molecular weight excluding hydrogens is 426 g/mol. The molecule has 0 aliphatic carbocycles. The number of aromatic nitrogens is 3. The zero-order valence-corrected chi connectivity index (χ0v) is 20.0. The maximum atomic E-state index is 12.6. The molecule has 32 heavy (non-hydrogen) atoms. The van der Waals surface area contributed by atoms with Gasteiger partial charge in [-0.1, -0.05) is 31.5 Å². The minimum Gasteiger partial charge on any atom is -0.438 e. The first-order chi connectivity index (χ1) is 15.1. The minimum atomic E-state index is -3.33. The van der Waals surface area contributed by atoms with Gasteiger partial charge in [-0.25, -0.2) is 13.4 Å². The first-order valence-electron chi connectivity index (χ1n) is 10.6. The number of para-hydroxylation sites is 1. The van der Waals surface area contributed by atoms with E-state index in [1.54, 1.807) is 32.3 Å². The van der Waals surface area contributed by atoms with Gasteiger partial charge in [-0.05, 0) is 44.4 Å². The van der Waals surface area contributed by atoms with Gasteiger partial charge >= 0.3 is 0 Å². The largest absolute Gasteiger partial charge is 0.438 e. The van der Waals surface area contributed by atoms with Crippen molar-refractivity contribution in [3.63, 3.8) is 0 Å². The average molecular weight is 456 g/mol. The number of nitrogens with zero attached hydrogens (tertiary/aromatic N) is 3. The van der Waals surface area contributed by atoms with Gasteiger partial charge < -0.3 is 9.30 Å². The summed E-state index contributed by atoms with van der Waals surface area (Å²) < 4.78 is 32.8. The van der Waals surface area contributed by atoms with Gasteiger partial charge in [0.15, 0.2) is 15.7 Å². The highest BCUT2D eigenvalue weighted by molar-refractivity contribution is 7.90. The quantitative estimate of drug-likeness (QED) is 0.504. The topological polar surface area (TPSA) is 91.2 Å². The molecule has 8 heteroatoms. The van der Waals surface area contributed by atoms with Crippen molar-refractivity contribution in [1.29, 1.82) is 0 Å². The second kappa shape index (κ2) is 9.65. The Morgan fingerprint density at radius 3 is 2.34 bits per heavy atom. The van der Waals surface area contributed by atoms with Crippen LogP contribution in [-0.4, -0.2) is 28.7 Å². The van der Waals surface area contributed by atoms with Gasteiger partial charge in [-0.2, -0.15) is 4.98 Å². The fraction of sp³-hybridized carbons (Fsp3) is 0.375. The Morgan fingerprint density at radius 1 is 1.03 bits per heavy atom. The van der Waals surface area contributed by atoms with Crippen LogP contribution >= 0.6 is 0 Å². The Morgan fingerprint density at radius 2 is 1.72 bits per heavy atom. The molecule has 0 bridgehead atoms. The smallest absolute Gasteiger partial charge is 0.253 e. The zero-order chi connectivity index (χ0) is 23.5. The Kier molecular flexibility index (Phi) is 7.13. The highest BCUT2D eigenvalue weighted by Gasteiger charge is 2.17. The lowest BCUT2D eigenvalue weighted by atomic mass is 10.1. The molecule has 3 aromatic rings. The van der Waals surface area contributed by atoms with Crippen LogP contribution in [0, 0.1) is 20.8 Å². The van der Waals surface area contributed by atoms with E-state index in [4.69, 9.17) is 4.74 Å². The van der Waals surface area contributed by atoms with Gasteiger partial charge in [0.25, 0.3) is 5.56 Å². The maximum Gasteiger partial charge on any atom is 0.253 e. The van der Waals surface area contributed by atoms with E-state index in [-0.39, 0.29) is 22.9 Å². The Balaban J connectivity index is 2.10. The average Bonchev–Trinajstić information content (AvgIpc) is 2.72. The first kappa shape index (κ1) is 23.7. The molecule has 2 aromatic heterocycles. The molecule has 0 unspecified atom stereocenters. The van der Waals surface area contributed by atoms with Crippen LogP contribution in [0.1, 0.15) is 42.1 Å². The van der Waals surface area contributed by atoms with E-state index in [0.717, 1.165) is 17.5 Å². The first-order valence-corrected chi connectivity index (χ1v) is 12.4. The summed E-state index contributed by atoms with van der Waals surface area (Å²) in [5.74, 6) is 1.16. The van der Waals surface area contributed by atoms with Crippen LogP contribution in [0.25, 0.3) is 11.4 Å². The fourth-order valence-corrected chi connectivity index (χ4v) is 4.93. The van der Waals surface area contributed by atoms with Crippen LogP contribution in [0.5, 0.6) is 11.6 Å². The van der Waals surface area contributed by atoms with E-state index >= 15 is 0 Å². The number of pyridine rings is 1. The van der Waals surface area contributed by atoms with E-state index in [1.165, 1.54) is 4.57 Å². The highest BCUT2D eigenvalue weighted by atomic mass is 32.2. The fourth-order valence-electron chi connectivity index (χ4n) is 3.45. The second-order valence-electron chi connectivity index (χ2n) is 8.12. The third-order valence-corrected chi connectivity index (χ3v) is 6.81. The number of unbranched alkanes of at least 4 members (excludes halogenated alkanes) is 1. The number of hydrogen-bond donors (Lipinski definition) is 0. The standard InChI is InChI=1S/C24H29N3O4S/c1-6-7-11-32(29,30)15-20-13-21(31-22-16(2)9-8-10-17(22)3)26-23(25-20)19-12-18(4)24(28)27(5)14-19/h8-10,12-14H,6-7,11,15H2,1-5H3. The number of sulfone groups is 1. The molecule has 7 nitrogen and oxygen atoms in total. The van der Waals surface area contributed by atoms with Crippen molar-refractivity contribution in [3.8, 4) is 23.0 Å². The number of hydrogen-bond acceptors (Lipinski definition) is 6. The lowest BCUT2D eigenvalue weighted by Crippen LogP contribution is -2.18. The van der Waals surface area contributed by atoms with Gasteiger partial charge in [0.05, 0.1) is 17.2 Å². The molecule has 0 saturated heterocycles. The van der Waals surface area contributed by atoms with Crippen molar-refractivity contribution in [3.05, 3.63) is 69.3 Å². The van der Waals surface area contributed by atoms with Gasteiger partial charge in [0.1, 0.15) is 5.75 Å². The van der Waals surface area contributed by atoms with Crippen LogP contribution in [-0.2, 0) is 22.6 Å². The van der Waals surface area contributed by atoms with Crippen LogP contribution in [0.3, 0.4) is 0 Å². The van der Waals surface area contributed by atoms with Gasteiger partial charge in [-0.15, -0.1) is 0 Å². The van der Waals surface area contributed by atoms with E-state index in [0.29, 0.717) is 34.8 Å². The Labute approximate surface area is 189 Å². The molecule has 0 atom stereocenters. The van der Waals surface area contributed by atoms with Crippen molar-refractivity contribution in [1.82, 2.24) is 14.5 Å². The molecule has 0 aliphatic heterocycles. The SMILES string of the molecule is CCCCS(=O)(=O)Cc1cc(Oc2c(C)cccc2C)nc(-c2cc(C)c(=O)n(C)c2)n1. The number of rotatable bonds is 8. The van der Waals surface area contributed by atoms with Gasteiger partial charge in [-0.3, -0.25) is 4.79 Å². The molecule has 0 aliphatic rings. The molecule has 0 fully saturated rings. The zero-order valence-electron chi connectivity index (χ0n) is 19.2. The second-order valence-corrected chi connectivity index (χ2v) is 10.3. The summed E-state index contributed by atoms with van der Waals surface area (Å²) in [5.41, 5.74) is 3.30. The van der Waals surface area contributed by atoms with E-state index in [2.05, 4.69) is 9.97 Å². The Bertz CT molecular complexity index is 1250. The minimum absolute atomic E-state index is 0.106. The summed E-state index contributed by atoms with van der Waals surface area (Å²) in [7, 11) is -1.67. The summed E-state index contributed by atoms with van der Waals surface area (Å²) in [6, 6.07) is 9.11. The monoisotopic (exact) mass is 455 g/mol. The summed E-state index contributed by atoms with van der Waals surface area (Å²) >= 11 is 0. The van der Waals surface area contributed by atoms with Crippen molar-refractivity contribution in [2.45, 2.75) is 46.3 Å². The lowest BCUT2D eigenvalue weighted by Gasteiger charge is -2.13. The summed E-state index contributed by atoms with van der Waals surface area (Å²) in [6.07, 6.45) is 3.04. The van der Waals surface area contributed by atoms with Crippen LogP contribution in [0.4, 0.5) is 0 Å². The lowest BCUT2D eigenvalue weighted by molar-refractivity contribution is 0.454. The predicted octanol–water partition coefficient (Wildman–Crippen LogP) is 4.27.